The standard InChI is InChI=1S/C13H23N3OS/c1-2-18-8-7-15-12(17)11-9-13(10-16-11)3-5-14-6-4-13/h14H,2-10H2,1H3,(H,15,17). The van der Waals surface area contributed by atoms with Gasteiger partial charge in [-0.15, -0.1) is 0 Å². The second-order valence-electron chi connectivity index (χ2n) is 5.14. The molecule has 0 aromatic rings. The smallest absolute Gasteiger partial charge is 0.265 e. The van der Waals surface area contributed by atoms with Gasteiger partial charge < -0.3 is 10.6 Å². The average Bonchev–Trinajstić information content (AvgIpc) is 2.79. The molecular formula is C13H23N3OS. The zero-order valence-corrected chi connectivity index (χ0v) is 11.9. The molecule has 0 aromatic carbocycles. The van der Waals surface area contributed by atoms with Crippen molar-refractivity contribution in [2.24, 2.45) is 10.4 Å². The number of hydrogen-bond donors (Lipinski definition) is 2. The van der Waals surface area contributed by atoms with Gasteiger partial charge in [0.2, 0.25) is 0 Å². The molecule has 0 aromatic heterocycles. The maximum atomic E-state index is 12.0. The number of thioether (sulfide) groups is 1. The highest BCUT2D eigenvalue weighted by atomic mass is 32.2. The van der Waals surface area contributed by atoms with Crippen LogP contribution in [-0.4, -0.2) is 49.3 Å². The monoisotopic (exact) mass is 269 g/mol. The van der Waals surface area contributed by atoms with Crippen molar-refractivity contribution in [2.75, 3.05) is 37.7 Å². The predicted molar refractivity (Wildman–Crippen MR) is 77.5 cm³/mol. The Balaban J connectivity index is 1.75. The van der Waals surface area contributed by atoms with E-state index in [1.807, 2.05) is 11.8 Å². The van der Waals surface area contributed by atoms with Gasteiger partial charge in [0.25, 0.3) is 5.91 Å². The van der Waals surface area contributed by atoms with Gasteiger partial charge >= 0.3 is 0 Å². The van der Waals surface area contributed by atoms with Gasteiger partial charge in [-0.3, -0.25) is 9.79 Å². The van der Waals surface area contributed by atoms with Gasteiger partial charge in [0.1, 0.15) is 5.71 Å². The molecule has 1 fully saturated rings. The first kappa shape index (κ1) is 13.9. The minimum Gasteiger partial charge on any atom is -0.350 e. The molecule has 1 saturated heterocycles. The van der Waals surface area contributed by atoms with E-state index in [9.17, 15) is 4.79 Å². The van der Waals surface area contributed by atoms with Gasteiger partial charge in [-0.2, -0.15) is 11.8 Å². The summed E-state index contributed by atoms with van der Waals surface area (Å²) < 4.78 is 0. The first-order valence-electron chi connectivity index (χ1n) is 6.86. The Hall–Kier alpha value is -0.550. The summed E-state index contributed by atoms with van der Waals surface area (Å²) >= 11 is 1.85. The van der Waals surface area contributed by atoms with Crippen LogP contribution in [0.3, 0.4) is 0 Å². The lowest BCUT2D eigenvalue weighted by molar-refractivity contribution is -0.114. The lowest BCUT2D eigenvalue weighted by atomic mass is 9.77. The number of hydrogen-bond acceptors (Lipinski definition) is 4. The van der Waals surface area contributed by atoms with Crippen molar-refractivity contribution < 1.29 is 4.79 Å². The summed E-state index contributed by atoms with van der Waals surface area (Å²) in [6, 6.07) is 0. The average molecular weight is 269 g/mol. The summed E-state index contributed by atoms with van der Waals surface area (Å²) in [6.45, 7) is 5.87. The van der Waals surface area contributed by atoms with Crippen molar-refractivity contribution in [1.82, 2.24) is 10.6 Å². The zero-order chi connectivity index (χ0) is 12.8. The summed E-state index contributed by atoms with van der Waals surface area (Å²) in [5.74, 6) is 2.15. The van der Waals surface area contributed by atoms with Crippen molar-refractivity contribution in [3.05, 3.63) is 0 Å². The summed E-state index contributed by atoms with van der Waals surface area (Å²) in [6.07, 6.45) is 3.18. The zero-order valence-electron chi connectivity index (χ0n) is 11.1. The molecule has 0 unspecified atom stereocenters. The van der Waals surface area contributed by atoms with Crippen molar-refractivity contribution >= 4 is 23.4 Å². The third-order valence-electron chi connectivity index (χ3n) is 3.81. The first-order chi connectivity index (χ1) is 8.76. The lowest BCUT2D eigenvalue weighted by Gasteiger charge is -2.32. The SMILES string of the molecule is CCSCCNC(=O)C1=NCC2(CCNCC2)C1. The van der Waals surface area contributed by atoms with Crippen molar-refractivity contribution in [2.45, 2.75) is 26.2 Å². The Kier molecular flexibility index (Phi) is 5.06. The Bertz CT molecular complexity index is 324. The maximum Gasteiger partial charge on any atom is 0.265 e. The Labute approximate surface area is 113 Å². The van der Waals surface area contributed by atoms with E-state index < -0.39 is 0 Å². The van der Waals surface area contributed by atoms with E-state index in [1.54, 1.807) is 0 Å². The Morgan fingerprint density at radius 1 is 1.50 bits per heavy atom. The fourth-order valence-electron chi connectivity index (χ4n) is 2.66. The van der Waals surface area contributed by atoms with E-state index >= 15 is 0 Å². The molecule has 1 amide bonds. The van der Waals surface area contributed by atoms with Crippen LogP contribution in [0, 0.1) is 5.41 Å². The summed E-state index contributed by atoms with van der Waals surface area (Å²) in [5, 5.41) is 6.35. The van der Waals surface area contributed by atoms with Crippen LogP contribution in [0.1, 0.15) is 26.2 Å². The molecule has 0 atom stereocenters. The highest BCUT2D eigenvalue weighted by Gasteiger charge is 2.38. The minimum atomic E-state index is 0.0575. The topological polar surface area (TPSA) is 53.5 Å². The number of rotatable bonds is 5. The van der Waals surface area contributed by atoms with Crippen molar-refractivity contribution in [1.29, 1.82) is 0 Å². The molecule has 2 heterocycles. The Morgan fingerprint density at radius 2 is 2.28 bits per heavy atom. The maximum absolute atomic E-state index is 12.0. The molecule has 18 heavy (non-hydrogen) atoms. The second kappa shape index (κ2) is 6.57. The van der Waals surface area contributed by atoms with Gasteiger partial charge in [-0.1, -0.05) is 6.92 Å². The summed E-state index contributed by atoms with van der Waals surface area (Å²) in [5.41, 5.74) is 1.06. The highest BCUT2D eigenvalue weighted by molar-refractivity contribution is 7.99. The molecule has 0 saturated carbocycles. The van der Waals surface area contributed by atoms with Gasteiger partial charge in [0.15, 0.2) is 0 Å². The first-order valence-corrected chi connectivity index (χ1v) is 8.01. The molecule has 2 N–H and O–H groups in total. The molecule has 2 rings (SSSR count). The van der Waals surface area contributed by atoms with E-state index in [4.69, 9.17) is 0 Å². The molecule has 2 aliphatic rings. The molecule has 102 valence electrons. The quantitative estimate of drug-likeness (QED) is 0.734. The van der Waals surface area contributed by atoms with Crippen LogP contribution in [-0.2, 0) is 4.79 Å². The summed E-state index contributed by atoms with van der Waals surface area (Å²) in [4.78, 5) is 16.4. The van der Waals surface area contributed by atoms with Gasteiger partial charge in [-0.25, -0.2) is 0 Å². The van der Waals surface area contributed by atoms with Crippen LogP contribution >= 0.6 is 11.8 Å². The van der Waals surface area contributed by atoms with E-state index in [2.05, 4.69) is 22.5 Å². The van der Waals surface area contributed by atoms with E-state index in [0.29, 0.717) is 0 Å². The van der Waals surface area contributed by atoms with Gasteiger partial charge in [0, 0.05) is 25.3 Å². The number of carbonyl (C=O) groups is 1. The molecule has 0 aliphatic carbocycles. The van der Waals surface area contributed by atoms with Crippen molar-refractivity contribution in [3.8, 4) is 0 Å². The predicted octanol–water partition coefficient (Wildman–Crippen LogP) is 1.07. The van der Waals surface area contributed by atoms with Crippen LogP contribution in [0.5, 0.6) is 0 Å². The molecule has 0 bridgehead atoms. The molecular weight excluding hydrogens is 246 g/mol. The van der Waals surface area contributed by atoms with Crippen LogP contribution < -0.4 is 10.6 Å². The number of nitrogens with one attached hydrogen (secondary N) is 2. The molecule has 5 heteroatoms. The van der Waals surface area contributed by atoms with Crippen LogP contribution in [0.2, 0.25) is 0 Å². The van der Waals surface area contributed by atoms with E-state index in [0.717, 1.165) is 62.7 Å². The third-order valence-corrected chi connectivity index (χ3v) is 4.71. The fraction of sp³-hybridized carbons (Fsp3) is 0.846. The van der Waals surface area contributed by atoms with Crippen molar-refractivity contribution in [3.63, 3.8) is 0 Å². The minimum absolute atomic E-state index is 0.0575. The third kappa shape index (κ3) is 3.48. The van der Waals surface area contributed by atoms with Gasteiger partial charge in [-0.05, 0) is 37.1 Å². The highest BCUT2D eigenvalue weighted by Crippen LogP contribution is 2.37. The number of aliphatic imine (C=N–C) groups is 1. The number of nitrogens with zero attached hydrogens (tertiary/aromatic N) is 1. The number of amides is 1. The largest absolute Gasteiger partial charge is 0.350 e. The molecule has 4 nitrogen and oxygen atoms in total. The molecule has 1 spiro atoms. The lowest BCUT2D eigenvalue weighted by Crippen LogP contribution is -2.39. The fourth-order valence-corrected chi connectivity index (χ4v) is 3.19. The molecule has 0 radical (unpaired) electrons. The van der Waals surface area contributed by atoms with E-state index in [1.165, 1.54) is 0 Å². The molecule has 2 aliphatic heterocycles. The van der Waals surface area contributed by atoms with Crippen LogP contribution in [0.25, 0.3) is 0 Å². The second-order valence-corrected chi connectivity index (χ2v) is 6.54. The number of carbonyl (C=O) groups excluding carboxylic acids is 1. The van der Waals surface area contributed by atoms with E-state index in [-0.39, 0.29) is 11.3 Å². The normalized spacial score (nSPS) is 21.9. The van der Waals surface area contributed by atoms with Crippen LogP contribution in [0.4, 0.5) is 0 Å². The Morgan fingerprint density at radius 3 is 3.00 bits per heavy atom. The number of piperidine rings is 1. The van der Waals surface area contributed by atoms with Crippen LogP contribution in [0.15, 0.2) is 4.99 Å². The van der Waals surface area contributed by atoms with Gasteiger partial charge in [0.05, 0.1) is 0 Å². The summed E-state index contributed by atoms with van der Waals surface area (Å²) in [7, 11) is 0.